The van der Waals surface area contributed by atoms with Crippen LogP contribution >= 0.6 is 0 Å². The van der Waals surface area contributed by atoms with Gasteiger partial charge < -0.3 is 99.2 Å². The SMILES string of the molecule is O=c1c(OC2OC(COC3OCC(O)C(O)C3O)C(O)C(O)C2O)c(-c2ccc(O)c(O)c2)oc2cc(OC3OC(CO)C(O)C(O)C3O)cc(O)c12. The Morgan fingerprint density at radius 1 is 0.660 bits per heavy atom. The van der Waals surface area contributed by atoms with Crippen LogP contribution in [0.15, 0.2) is 39.5 Å². The maximum absolute atomic E-state index is 14.0. The van der Waals surface area contributed by atoms with Crippen molar-refractivity contribution in [2.75, 3.05) is 19.8 Å². The molecule has 0 spiro atoms. The highest BCUT2D eigenvalue weighted by Crippen LogP contribution is 2.40. The van der Waals surface area contributed by atoms with Gasteiger partial charge in [-0.3, -0.25) is 4.79 Å². The van der Waals surface area contributed by atoms with E-state index in [1.165, 1.54) is 6.07 Å². The smallest absolute Gasteiger partial charge is 0.239 e. The van der Waals surface area contributed by atoms with E-state index in [-0.39, 0.29) is 11.3 Å². The van der Waals surface area contributed by atoms with E-state index >= 15 is 0 Å². The molecule has 3 aromatic rings. The van der Waals surface area contributed by atoms with Crippen molar-refractivity contribution >= 4 is 11.0 Å². The first-order valence-electron chi connectivity index (χ1n) is 16.1. The lowest BCUT2D eigenvalue weighted by Crippen LogP contribution is -2.61. The number of aliphatic hydroxyl groups is 10. The molecule has 1 aromatic heterocycles. The van der Waals surface area contributed by atoms with Crippen LogP contribution in [0.2, 0.25) is 0 Å². The highest BCUT2D eigenvalue weighted by atomic mass is 16.7. The van der Waals surface area contributed by atoms with Gasteiger partial charge in [-0.2, -0.15) is 0 Å². The lowest BCUT2D eigenvalue weighted by Gasteiger charge is -2.41. The highest BCUT2D eigenvalue weighted by molar-refractivity contribution is 5.88. The summed E-state index contributed by atoms with van der Waals surface area (Å²) in [5.41, 5.74) is -1.65. The summed E-state index contributed by atoms with van der Waals surface area (Å²) < 4.78 is 38.8. The van der Waals surface area contributed by atoms with Crippen LogP contribution in [0.3, 0.4) is 0 Å². The molecule has 3 fully saturated rings. The zero-order valence-electron chi connectivity index (χ0n) is 27.2. The molecular formula is C32H38O21. The van der Waals surface area contributed by atoms with E-state index in [4.69, 9.17) is 32.8 Å². The van der Waals surface area contributed by atoms with Gasteiger partial charge in [-0.1, -0.05) is 0 Å². The Bertz CT molecular complexity index is 1820. The van der Waals surface area contributed by atoms with Gasteiger partial charge in [0.2, 0.25) is 23.8 Å². The number of benzene rings is 2. The second kappa shape index (κ2) is 15.4. The zero-order valence-corrected chi connectivity index (χ0v) is 27.2. The van der Waals surface area contributed by atoms with Crippen molar-refractivity contribution in [1.82, 2.24) is 0 Å². The molecule has 14 atom stereocenters. The van der Waals surface area contributed by atoms with Gasteiger partial charge in [0, 0.05) is 17.7 Å². The Labute approximate surface area is 296 Å². The van der Waals surface area contributed by atoms with E-state index in [9.17, 15) is 71.2 Å². The summed E-state index contributed by atoms with van der Waals surface area (Å²) in [6, 6.07) is 5.14. The molecule has 0 saturated carbocycles. The molecule has 14 unspecified atom stereocenters. The van der Waals surface area contributed by atoms with Gasteiger partial charge in [-0.25, -0.2) is 0 Å². The molecular weight excluding hydrogens is 720 g/mol. The van der Waals surface area contributed by atoms with Gasteiger partial charge >= 0.3 is 0 Å². The average molecular weight is 759 g/mol. The number of rotatable bonds is 9. The third-order valence-electron chi connectivity index (χ3n) is 9.03. The predicted molar refractivity (Wildman–Crippen MR) is 168 cm³/mol. The van der Waals surface area contributed by atoms with E-state index in [0.717, 1.165) is 24.3 Å². The Morgan fingerprint density at radius 2 is 1.28 bits per heavy atom. The topological polar surface area (TPSA) is 349 Å². The number of phenolic OH excluding ortho intramolecular Hbond substituents is 3. The number of hydrogen-bond donors (Lipinski definition) is 13. The number of ether oxygens (including phenoxy) is 6. The van der Waals surface area contributed by atoms with E-state index in [1.807, 2.05) is 0 Å². The fraction of sp³-hybridized carbons (Fsp3) is 0.531. The summed E-state index contributed by atoms with van der Waals surface area (Å²) in [6.07, 6.45) is -24.0. The van der Waals surface area contributed by atoms with Gasteiger partial charge in [0.25, 0.3) is 0 Å². The summed E-state index contributed by atoms with van der Waals surface area (Å²) in [5, 5.41) is 133. The molecule has 4 heterocycles. The van der Waals surface area contributed by atoms with E-state index in [1.54, 1.807) is 0 Å². The Balaban J connectivity index is 1.34. The molecule has 2 aromatic carbocycles. The van der Waals surface area contributed by atoms with Crippen LogP contribution in [0.4, 0.5) is 0 Å². The molecule has 53 heavy (non-hydrogen) atoms. The van der Waals surface area contributed by atoms with Crippen molar-refractivity contribution in [3.8, 4) is 40.1 Å². The van der Waals surface area contributed by atoms with E-state index in [0.29, 0.717) is 0 Å². The van der Waals surface area contributed by atoms with Crippen LogP contribution in [0, 0.1) is 0 Å². The van der Waals surface area contributed by atoms with Crippen molar-refractivity contribution in [3.63, 3.8) is 0 Å². The van der Waals surface area contributed by atoms with Crippen molar-refractivity contribution in [2.45, 2.75) is 86.0 Å². The van der Waals surface area contributed by atoms with E-state index in [2.05, 4.69) is 0 Å². The van der Waals surface area contributed by atoms with Crippen LogP contribution in [-0.4, -0.2) is 172 Å². The average Bonchev–Trinajstić information content (AvgIpc) is 3.13. The molecule has 13 N–H and O–H groups in total. The minimum atomic E-state index is -2.05. The summed E-state index contributed by atoms with van der Waals surface area (Å²) in [5.74, 6) is -3.63. The van der Waals surface area contributed by atoms with Gasteiger partial charge in [-0.15, -0.1) is 0 Å². The first-order chi connectivity index (χ1) is 25.1. The number of hydrogen-bond acceptors (Lipinski definition) is 21. The van der Waals surface area contributed by atoms with Gasteiger partial charge in [0.05, 0.1) is 19.8 Å². The Morgan fingerprint density at radius 3 is 1.94 bits per heavy atom. The summed E-state index contributed by atoms with van der Waals surface area (Å²) in [4.78, 5) is 14.0. The maximum Gasteiger partial charge on any atom is 0.239 e. The quantitative estimate of drug-likeness (QED) is 0.0913. The van der Waals surface area contributed by atoms with Crippen LogP contribution in [0.5, 0.6) is 28.7 Å². The van der Waals surface area contributed by atoms with Crippen molar-refractivity contribution < 1.29 is 99.2 Å². The number of phenols is 3. The molecule has 3 saturated heterocycles. The minimum absolute atomic E-state index is 0.121. The standard InChI is InChI=1S/C32H38O21/c33-6-16-20(39)23(42)26(45)31(51-16)49-10-4-13(36)18-15(5-10)50-28(9-1-2-11(34)12(35)3-9)29(22(18)41)53-32-27(46)24(43)21(40)17(52-32)8-48-30-25(44)19(38)14(37)7-47-30/h1-5,14,16-17,19-21,23-27,30-40,42-46H,6-8H2. The molecule has 21 heteroatoms. The molecule has 0 amide bonds. The second-order valence-electron chi connectivity index (χ2n) is 12.6. The zero-order chi connectivity index (χ0) is 38.5. The van der Waals surface area contributed by atoms with Crippen LogP contribution in [0.1, 0.15) is 0 Å². The monoisotopic (exact) mass is 758 g/mol. The third-order valence-corrected chi connectivity index (χ3v) is 9.03. The fourth-order valence-electron chi connectivity index (χ4n) is 5.97. The summed E-state index contributed by atoms with van der Waals surface area (Å²) >= 11 is 0. The highest BCUT2D eigenvalue weighted by Gasteiger charge is 2.48. The van der Waals surface area contributed by atoms with Gasteiger partial charge in [0.1, 0.15) is 89.6 Å². The lowest BCUT2D eigenvalue weighted by atomic mass is 9.99. The largest absolute Gasteiger partial charge is 0.507 e. The predicted octanol–water partition coefficient (Wildman–Crippen LogP) is -4.60. The maximum atomic E-state index is 14.0. The molecule has 0 radical (unpaired) electrons. The van der Waals surface area contributed by atoms with Crippen molar-refractivity contribution in [1.29, 1.82) is 0 Å². The molecule has 6 rings (SSSR count). The Kier molecular flexibility index (Phi) is 11.3. The first kappa shape index (κ1) is 38.8. The van der Waals surface area contributed by atoms with E-state index < -0.39 is 151 Å². The van der Waals surface area contributed by atoms with Gasteiger partial charge in [0.15, 0.2) is 23.5 Å². The third kappa shape index (κ3) is 7.45. The number of aromatic hydroxyl groups is 3. The number of aliphatic hydroxyl groups excluding tert-OH is 10. The summed E-state index contributed by atoms with van der Waals surface area (Å²) in [6.45, 7) is -1.82. The lowest BCUT2D eigenvalue weighted by molar-refractivity contribution is -0.307. The first-order valence-corrected chi connectivity index (χ1v) is 16.1. The van der Waals surface area contributed by atoms with Crippen LogP contribution < -0.4 is 14.9 Å². The molecule has 292 valence electrons. The van der Waals surface area contributed by atoms with Crippen molar-refractivity contribution in [2.24, 2.45) is 0 Å². The van der Waals surface area contributed by atoms with Crippen LogP contribution in [-0.2, 0) is 18.9 Å². The molecule has 3 aliphatic rings. The molecule has 0 aliphatic carbocycles. The molecule has 21 nitrogen and oxygen atoms in total. The summed E-state index contributed by atoms with van der Waals surface area (Å²) in [7, 11) is 0. The molecule has 3 aliphatic heterocycles. The Hall–Kier alpha value is -3.91. The van der Waals surface area contributed by atoms with Crippen LogP contribution in [0.25, 0.3) is 22.3 Å². The molecule has 0 bridgehead atoms. The fourth-order valence-corrected chi connectivity index (χ4v) is 5.97. The van der Waals surface area contributed by atoms with Crippen molar-refractivity contribution in [3.05, 3.63) is 40.6 Å². The normalized spacial score (nSPS) is 36.3. The minimum Gasteiger partial charge on any atom is -0.507 e. The van der Waals surface area contributed by atoms with Gasteiger partial charge in [-0.05, 0) is 18.2 Å². The second-order valence-corrected chi connectivity index (χ2v) is 12.6. The number of fused-ring (bicyclic) bond motifs is 1.